The van der Waals surface area contributed by atoms with E-state index < -0.39 is 0 Å². The van der Waals surface area contributed by atoms with Gasteiger partial charge in [0.05, 0.1) is 0 Å². The molecule has 126 valence electrons. The molecule has 2 aromatic rings. The Morgan fingerprint density at radius 1 is 1.00 bits per heavy atom. The predicted molar refractivity (Wildman–Crippen MR) is 99.3 cm³/mol. The SMILES string of the molecule is Cc1cc(C)cc(N(C)C(=O)C(c2ccccc2)N2CCCC2)c1. The first-order valence-electron chi connectivity index (χ1n) is 8.71. The van der Waals surface area contributed by atoms with Gasteiger partial charge in [-0.25, -0.2) is 0 Å². The van der Waals surface area contributed by atoms with Gasteiger partial charge in [-0.05, 0) is 68.6 Å². The molecule has 1 aliphatic rings. The summed E-state index contributed by atoms with van der Waals surface area (Å²) < 4.78 is 0. The minimum atomic E-state index is -0.195. The van der Waals surface area contributed by atoms with Crippen molar-refractivity contribution in [2.24, 2.45) is 0 Å². The van der Waals surface area contributed by atoms with E-state index >= 15 is 0 Å². The molecule has 0 spiro atoms. The van der Waals surface area contributed by atoms with Crippen LogP contribution >= 0.6 is 0 Å². The minimum absolute atomic E-state index is 0.146. The highest BCUT2D eigenvalue weighted by Gasteiger charge is 2.32. The van der Waals surface area contributed by atoms with Gasteiger partial charge in [-0.3, -0.25) is 9.69 Å². The van der Waals surface area contributed by atoms with Crippen LogP contribution in [0, 0.1) is 13.8 Å². The number of carbonyl (C=O) groups excluding carboxylic acids is 1. The van der Waals surface area contributed by atoms with Crippen LogP contribution in [0.1, 0.15) is 35.6 Å². The first-order chi connectivity index (χ1) is 11.6. The average Bonchev–Trinajstić information content (AvgIpc) is 3.08. The van der Waals surface area contributed by atoms with Crippen LogP contribution in [-0.4, -0.2) is 30.9 Å². The summed E-state index contributed by atoms with van der Waals surface area (Å²) in [6.45, 7) is 6.13. The molecule has 3 rings (SSSR count). The molecule has 2 aromatic carbocycles. The van der Waals surface area contributed by atoms with Crippen molar-refractivity contribution in [2.75, 3.05) is 25.0 Å². The van der Waals surface area contributed by atoms with E-state index in [4.69, 9.17) is 0 Å². The van der Waals surface area contributed by atoms with E-state index in [0.717, 1.165) is 24.3 Å². The summed E-state index contributed by atoms with van der Waals surface area (Å²) in [6.07, 6.45) is 2.34. The van der Waals surface area contributed by atoms with Crippen molar-refractivity contribution in [2.45, 2.75) is 32.7 Å². The lowest BCUT2D eigenvalue weighted by atomic mass is 10.0. The van der Waals surface area contributed by atoms with E-state index in [1.165, 1.54) is 24.0 Å². The first kappa shape index (κ1) is 16.7. The topological polar surface area (TPSA) is 23.6 Å². The number of nitrogens with zero attached hydrogens (tertiary/aromatic N) is 2. The standard InChI is InChI=1S/C21H26N2O/c1-16-13-17(2)15-19(14-16)22(3)21(24)20(23-11-7-8-12-23)18-9-5-4-6-10-18/h4-6,9-10,13-15,20H,7-8,11-12H2,1-3H3. The number of benzene rings is 2. The first-order valence-corrected chi connectivity index (χ1v) is 8.71. The Balaban J connectivity index is 1.93. The lowest BCUT2D eigenvalue weighted by Gasteiger charge is -2.31. The van der Waals surface area contributed by atoms with Crippen LogP contribution in [0.3, 0.4) is 0 Å². The zero-order valence-electron chi connectivity index (χ0n) is 14.8. The molecule has 0 saturated carbocycles. The molecule has 0 aliphatic carbocycles. The number of hydrogen-bond acceptors (Lipinski definition) is 2. The third-order valence-electron chi connectivity index (χ3n) is 4.78. The van der Waals surface area contributed by atoms with Crippen LogP contribution in [0.5, 0.6) is 0 Å². The maximum atomic E-state index is 13.3. The number of carbonyl (C=O) groups is 1. The molecule has 1 amide bonds. The van der Waals surface area contributed by atoms with E-state index in [1.54, 1.807) is 0 Å². The summed E-state index contributed by atoms with van der Waals surface area (Å²) in [5.74, 6) is 0.146. The lowest BCUT2D eigenvalue weighted by molar-refractivity contribution is -0.123. The Morgan fingerprint density at radius 2 is 1.58 bits per heavy atom. The summed E-state index contributed by atoms with van der Waals surface area (Å²) >= 11 is 0. The highest BCUT2D eigenvalue weighted by atomic mass is 16.2. The Labute approximate surface area is 144 Å². The van der Waals surface area contributed by atoms with Gasteiger partial charge < -0.3 is 4.90 Å². The van der Waals surface area contributed by atoms with Crippen molar-refractivity contribution in [1.82, 2.24) is 4.90 Å². The second-order valence-electron chi connectivity index (χ2n) is 6.80. The van der Waals surface area contributed by atoms with Crippen LogP contribution in [0.25, 0.3) is 0 Å². The third kappa shape index (κ3) is 3.51. The van der Waals surface area contributed by atoms with Gasteiger partial charge in [-0.1, -0.05) is 36.4 Å². The summed E-state index contributed by atoms with van der Waals surface area (Å²) in [7, 11) is 1.89. The highest BCUT2D eigenvalue weighted by Crippen LogP contribution is 2.29. The van der Waals surface area contributed by atoms with Gasteiger partial charge in [-0.2, -0.15) is 0 Å². The Bertz CT molecular complexity index is 685. The molecule has 24 heavy (non-hydrogen) atoms. The molecule has 1 heterocycles. The quantitative estimate of drug-likeness (QED) is 0.846. The minimum Gasteiger partial charge on any atom is -0.314 e. The fourth-order valence-electron chi connectivity index (χ4n) is 3.60. The van der Waals surface area contributed by atoms with Gasteiger partial charge in [-0.15, -0.1) is 0 Å². The Hall–Kier alpha value is -2.13. The maximum absolute atomic E-state index is 13.3. The van der Waals surface area contributed by atoms with Gasteiger partial charge >= 0.3 is 0 Å². The third-order valence-corrected chi connectivity index (χ3v) is 4.78. The van der Waals surface area contributed by atoms with Gasteiger partial charge in [0, 0.05) is 12.7 Å². The number of rotatable bonds is 4. The second kappa shape index (κ2) is 7.18. The van der Waals surface area contributed by atoms with Crippen molar-refractivity contribution in [3.63, 3.8) is 0 Å². The largest absolute Gasteiger partial charge is 0.314 e. The number of anilines is 1. The fourth-order valence-corrected chi connectivity index (χ4v) is 3.60. The zero-order valence-corrected chi connectivity index (χ0v) is 14.8. The smallest absolute Gasteiger partial charge is 0.248 e. The maximum Gasteiger partial charge on any atom is 0.248 e. The lowest BCUT2D eigenvalue weighted by Crippen LogP contribution is -2.40. The van der Waals surface area contributed by atoms with Crippen molar-refractivity contribution >= 4 is 11.6 Å². The predicted octanol–water partition coefficient (Wildman–Crippen LogP) is 4.10. The zero-order chi connectivity index (χ0) is 17.1. The highest BCUT2D eigenvalue weighted by molar-refractivity contribution is 5.97. The van der Waals surface area contributed by atoms with Crippen LogP contribution in [0.15, 0.2) is 48.5 Å². The summed E-state index contributed by atoms with van der Waals surface area (Å²) in [4.78, 5) is 17.5. The van der Waals surface area contributed by atoms with E-state index in [2.05, 4.69) is 49.1 Å². The van der Waals surface area contributed by atoms with Gasteiger partial charge in [0.1, 0.15) is 6.04 Å². The van der Waals surface area contributed by atoms with Crippen molar-refractivity contribution in [1.29, 1.82) is 0 Å². The number of hydrogen-bond donors (Lipinski definition) is 0. The Morgan fingerprint density at radius 3 is 2.17 bits per heavy atom. The molecule has 0 radical (unpaired) electrons. The molecular weight excluding hydrogens is 296 g/mol. The van der Waals surface area contributed by atoms with Crippen molar-refractivity contribution in [3.8, 4) is 0 Å². The number of likely N-dealkylation sites (tertiary alicyclic amines) is 1. The second-order valence-corrected chi connectivity index (χ2v) is 6.80. The number of amides is 1. The molecule has 0 N–H and O–H groups in total. The fraction of sp³-hybridized carbons (Fsp3) is 0.381. The van der Waals surface area contributed by atoms with Crippen LogP contribution < -0.4 is 4.90 Å². The van der Waals surface area contributed by atoms with Crippen molar-refractivity contribution < 1.29 is 4.79 Å². The van der Waals surface area contributed by atoms with E-state index in [1.807, 2.05) is 30.1 Å². The van der Waals surface area contributed by atoms with Crippen LogP contribution in [0.2, 0.25) is 0 Å². The molecule has 1 unspecified atom stereocenters. The molecule has 1 fully saturated rings. The van der Waals surface area contributed by atoms with E-state index in [9.17, 15) is 4.79 Å². The molecule has 3 heteroatoms. The molecule has 1 saturated heterocycles. The van der Waals surface area contributed by atoms with Gasteiger partial charge in [0.2, 0.25) is 5.91 Å². The molecular formula is C21H26N2O. The monoisotopic (exact) mass is 322 g/mol. The van der Waals surface area contributed by atoms with E-state index in [-0.39, 0.29) is 11.9 Å². The normalized spacial score (nSPS) is 16.1. The van der Waals surface area contributed by atoms with Crippen LogP contribution in [0.4, 0.5) is 5.69 Å². The number of aryl methyl sites for hydroxylation is 2. The van der Waals surface area contributed by atoms with Gasteiger partial charge in [0.25, 0.3) is 0 Å². The summed E-state index contributed by atoms with van der Waals surface area (Å²) in [5, 5.41) is 0. The molecule has 3 nitrogen and oxygen atoms in total. The average molecular weight is 322 g/mol. The number of likely N-dealkylation sites (N-methyl/N-ethyl adjacent to an activating group) is 1. The van der Waals surface area contributed by atoms with Crippen LogP contribution in [-0.2, 0) is 4.79 Å². The Kier molecular flexibility index (Phi) is 5.00. The van der Waals surface area contributed by atoms with Gasteiger partial charge in [0.15, 0.2) is 0 Å². The summed E-state index contributed by atoms with van der Waals surface area (Å²) in [5.41, 5.74) is 4.42. The molecule has 1 atom stereocenters. The molecule has 0 aromatic heterocycles. The van der Waals surface area contributed by atoms with Crippen molar-refractivity contribution in [3.05, 3.63) is 65.2 Å². The molecule has 0 bridgehead atoms. The van der Waals surface area contributed by atoms with E-state index in [0.29, 0.717) is 0 Å². The molecule has 1 aliphatic heterocycles. The summed E-state index contributed by atoms with van der Waals surface area (Å²) in [6, 6.07) is 16.3.